The molecule has 0 amide bonds. The summed E-state index contributed by atoms with van der Waals surface area (Å²) in [5.41, 5.74) is 0.756. The van der Waals surface area contributed by atoms with Crippen molar-refractivity contribution in [3.05, 3.63) is 35.9 Å². The van der Waals surface area contributed by atoms with Gasteiger partial charge in [0.05, 0.1) is 6.61 Å². The molecular formula is C16H21NO3. The number of esters is 1. The van der Waals surface area contributed by atoms with Crippen molar-refractivity contribution in [3.8, 4) is 0 Å². The summed E-state index contributed by atoms with van der Waals surface area (Å²) in [7, 11) is 0. The highest BCUT2D eigenvalue weighted by atomic mass is 16.5. The third-order valence-electron chi connectivity index (χ3n) is 4.67. The summed E-state index contributed by atoms with van der Waals surface area (Å²) < 4.78 is 5.24. The highest BCUT2D eigenvalue weighted by molar-refractivity contribution is 5.83. The summed E-state index contributed by atoms with van der Waals surface area (Å²) in [5, 5.41) is 9.26. The molecule has 2 fully saturated rings. The van der Waals surface area contributed by atoms with E-state index in [0.29, 0.717) is 6.61 Å². The van der Waals surface area contributed by atoms with Crippen molar-refractivity contribution in [1.82, 2.24) is 4.90 Å². The monoisotopic (exact) mass is 275 g/mol. The molecule has 2 aliphatic rings. The summed E-state index contributed by atoms with van der Waals surface area (Å²) >= 11 is 0. The lowest BCUT2D eigenvalue weighted by Crippen LogP contribution is -2.50. The number of carbonyl (C=O) groups is 1. The highest BCUT2D eigenvalue weighted by Gasteiger charge is 2.54. The normalized spacial score (nSPS) is 30.1. The molecule has 0 aliphatic carbocycles. The van der Waals surface area contributed by atoms with Crippen LogP contribution in [0.2, 0.25) is 0 Å². The molecular weight excluding hydrogens is 254 g/mol. The number of likely N-dealkylation sites (tertiary alicyclic amines) is 1. The van der Waals surface area contributed by atoms with Crippen molar-refractivity contribution >= 4 is 5.97 Å². The maximum Gasteiger partial charge on any atom is 0.326 e. The second-order valence-electron chi connectivity index (χ2n) is 5.74. The predicted octanol–water partition coefficient (Wildman–Crippen LogP) is 1.72. The lowest BCUT2D eigenvalue weighted by molar-refractivity contribution is -0.147. The summed E-state index contributed by atoms with van der Waals surface area (Å²) in [6.45, 7) is 1.44. The first kappa shape index (κ1) is 13.6. The molecule has 20 heavy (non-hydrogen) atoms. The minimum atomic E-state index is -0.449. The van der Waals surface area contributed by atoms with Gasteiger partial charge < -0.3 is 9.84 Å². The predicted molar refractivity (Wildman–Crippen MR) is 75.0 cm³/mol. The lowest BCUT2D eigenvalue weighted by atomic mass is 9.94. The number of hydrogen-bond donors (Lipinski definition) is 1. The van der Waals surface area contributed by atoms with Gasteiger partial charge >= 0.3 is 5.97 Å². The zero-order valence-corrected chi connectivity index (χ0v) is 11.6. The van der Waals surface area contributed by atoms with Crippen molar-refractivity contribution in [2.45, 2.75) is 43.8 Å². The van der Waals surface area contributed by atoms with E-state index in [1.54, 1.807) is 0 Å². The van der Waals surface area contributed by atoms with Gasteiger partial charge in [0.15, 0.2) is 0 Å². The molecule has 108 valence electrons. The molecule has 0 unspecified atom stereocenters. The van der Waals surface area contributed by atoms with Crippen LogP contribution in [0.3, 0.4) is 0 Å². The van der Waals surface area contributed by atoms with Gasteiger partial charge in [0.2, 0.25) is 0 Å². The van der Waals surface area contributed by atoms with Crippen LogP contribution >= 0.6 is 0 Å². The average molecular weight is 275 g/mol. The molecule has 0 aromatic heterocycles. The number of ether oxygens (including phenoxy) is 1. The maximum atomic E-state index is 12.2. The molecule has 2 saturated heterocycles. The summed E-state index contributed by atoms with van der Waals surface area (Å²) in [5.74, 6) is -0.0751. The van der Waals surface area contributed by atoms with Gasteiger partial charge in [0.1, 0.15) is 5.54 Å². The van der Waals surface area contributed by atoms with Gasteiger partial charge in [0, 0.05) is 25.6 Å². The van der Waals surface area contributed by atoms with Crippen molar-refractivity contribution in [2.24, 2.45) is 0 Å². The Balaban J connectivity index is 1.86. The summed E-state index contributed by atoms with van der Waals surface area (Å²) in [6, 6.07) is 10.5. The number of hydrogen-bond acceptors (Lipinski definition) is 4. The topological polar surface area (TPSA) is 49.8 Å². The van der Waals surface area contributed by atoms with Crippen molar-refractivity contribution in [2.75, 3.05) is 13.2 Å². The molecule has 1 aromatic carbocycles. The van der Waals surface area contributed by atoms with Gasteiger partial charge in [-0.25, -0.2) is 0 Å². The Morgan fingerprint density at radius 3 is 2.75 bits per heavy atom. The Morgan fingerprint density at radius 1 is 1.30 bits per heavy atom. The average Bonchev–Trinajstić information content (AvgIpc) is 3.00. The van der Waals surface area contributed by atoms with Crippen LogP contribution in [0.1, 0.15) is 31.2 Å². The van der Waals surface area contributed by atoms with Crippen LogP contribution in [0.15, 0.2) is 30.3 Å². The van der Waals surface area contributed by atoms with E-state index in [4.69, 9.17) is 4.74 Å². The van der Waals surface area contributed by atoms with Gasteiger partial charge in [-0.15, -0.1) is 0 Å². The Kier molecular flexibility index (Phi) is 3.76. The van der Waals surface area contributed by atoms with Gasteiger partial charge in [0.25, 0.3) is 0 Å². The van der Waals surface area contributed by atoms with Crippen molar-refractivity contribution in [3.63, 3.8) is 0 Å². The molecule has 0 bridgehead atoms. The van der Waals surface area contributed by atoms with Crippen LogP contribution in [0.4, 0.5) is 0 Å². The largest absolute Gasteiger partial charge is 0.464 e. The third-order valence-corrected chi connectivity index (χ3v) is 4.67. The zero-order chi connectivity index (χ0) is 14.0. The molecule has 0 radical (unpaired) electrons. The van der Waals surface area contributed by atoms with E-state index in [0.717, 1.165) is 32.2 Å². The number of aliphatic hydroxyl groups is 1. The van der Waals surface area contributed by atoms with E-state index in [9.17, 15) is 9.90 Å². The molecule has 1 aromatic rings. The van der Waals surface area contributed by atoms with Crippen LogP contribution in [-0.2, 0) is 16.1 Å². The summed E-state index contributed by atoms with van der Waals surface area (Å²) in [4.78, 5) is 14.5. The number of rotatable bonds is 4. The smallest absolute Gasteiger partial charge is 0.326 e. The Labute approximate surface area is 119 Å². The Morgan fingerprint density at radius 2 is 2.10 bits per heavy atom. The molecule has 2 atom stereocenters. The molecule has 4 nitrogen and oxygen atoms in total. The third kappa shape index (κ3) is 2.23. The first-order valence-electron chi connectivity index (χ1n) is 7.35. The van der Waals surface area contributed by atoms with E-state index in [2.05, 4.69) is 17.0 Å². The maximum absolute atomic E-state index is 12.2. The Bertz CT molecular complexity index is 476. The molecule has 4 heteroatoms. The standard InChI is InChI=1S/C16H21NO3/c18-10-7-14-6-8-16(9-11-20-15(16)19)17(14)12-13-4-2-1-3-5-13/h1-5,14,18H,6-12H2/t14-,16-/m1/s1. The van der Waals surface area contributed by atoms with E-state index in [-0.39, 0.29) is 18.6 Å². The fourth-order valence-corrected chi connectivity index (χ4v) is 3.60. The molecule has 1 N–H and O–H groups in total. The lowest BCUT2D eigenvalue weighted by Gasteiger charge is -2.35. The zero-order valence-electron chi connectivity index (χ0n) is 11.6. The molecule has 2 aliphatic heterocycles. The number of aliphatic hydroxyl groups excluding tert-OH is 1. The minimum absolute atomic E-state index is 0.0751. The first-order valence-corrected chi connectivity index (χ1v) is 7.35. The first-order chi connectivity index (χ1) is 9.76. The molecule has 3 rings (SSSR count). The number of nitrogens with zero attached hydrogens (tertiary/aromatic N) is 1. The van der Waals surface area contributed by atoms with Crippen LogP contribution in [0.5, 0.6) is 0 Å². The van der Waals surface area contributed by atoms with Crippen LogP contribution in [0.25, 0.3) is 0 Å². The van der Waals surface area contributed by atoms with Gasteiger partial charge in [-0.2, -0.15) is 0 Å². The quantitative estimate of drug-likeness (QED) is 0.850. The summed E-state index contributed by atoms with van der Waals surface area (Å²) in [6.07, 6.45) is 3.31. The number of cyclic esters (lactones) is 1. The van der Waals surface area contributed by atoms with Crippen molar-refractivity contribution < 1.29 is 14.6 Å². The van der Waals surface area contributed by atoms with Crippen molar-refractivity contribution in [1.29, 1.82) is 0 Å². The fourth-order valence-electron chi connectivity index (χ4n) is 3.60. The molecule has 0 saturated carbocycles. The number of carbonyl (C=O) groups excluding carboxylic acids is 1. The van der Waals surface area contributed by atoms with E-state index >= 15 is 0 Å². The fraction of sp³-hybridized carbons (Fsp3) is 0.562. The van der Waals surface area contributed by atoms with Crippen LogP contribution in [0, 0.1) is 0 Å². The number of benzene rings is 1. The second kappa shape index (κ2) is 5.54. The highest BCUT2D eigenvalue weighted by Crippen LogP contribution is 2.42. The van der Waals surface area contributed by atoms with Crippen LogP contribution in [-0.4, -0.2) is 40.8 Å². The van der Waals surface area contributed by atoms with Gasteiger partial charge in [-0.05, 0) is 24.8 Å². The Hall–Kier alpha value is -1.39. The van der Waals surface area contributed by atoms with Crippen LogP contribution < -0.4 is 0 Å². The van der Waals surface area contributed by atoms with E-state index < -0.39 is 5.54 Å². The van der Waals surface area contributed by atoms with Gasteiger partial charge in [-0.1, -0.05) is 30.3 Å². The minimum Gasteiger partial charge on any atom is -0.464 e. The van der Waals surface area contributed by atoms with E-state index in [1.165, 1.54) is 5.56 Å². The van der Waals surface area contributed by atoms with Gasteiger partial charge in [-0.3, -0.25) is 9.69 Å². The van der Waals surface area contributed by atoms with E-state index in [1.807, 2.05) is 18.2 Å². The molecule has 1 spiro atoms. The molecule has 2 heterocycles. The second-order valence-corrected chi connectivity index (χ2v) is 5.74. The SMILES string of the molecule is O=C1OCC[C@]12CC[C@H](CCO)N2Cc1ccccc1.